The number of rotatable bonds is 7. The molecule has 2 aliphatic carbocycles. The fraction of sp³-hybridized carbons (Fsp3) is 0.296. The molecule has 1 aliphatic heterocycles. The number of hydrogen-bond acceptors (Lipinski definition) is 6. The minimum Gasteiger partial charge on any atom is -0.369 e. The molecule has 2 bridgehead atoms. The highest BCUT2D eigenvalue weighted by Gasteiger charge is 2.47. The van der Waals surface area contributed by atoms with Crippen molar-refractivity contribution >= 4 is 23.6 Å². The number of carbonyl (C=O) groups is 1. The van der Waals surface area contributed by atoms with Crippen LogP contribution in [0.1, 0.15) is 34.6 Å². The van der Waals surface area contributed by atoms with Crippen LogP contribution in [0.5, 0.6) is 0 Å². The first-order valence-electron chi connectivity index (χ1n) is 11.8. The summed E-state index contributed by atoms with van der Waals surface area (Å²) < 4.78 is 0. The number of primary amides is 1. The van der Waals surface area contributed by atoms with Crippen LogP contribution < -0.4 is 11.1 Å². The normalized spacial score (nSPS) is 23.9. The van der Waals surface area contributed by atoms with Gasteiger partial charge in [-0.1, -0.05) is 36.4 Å². The molecule has 2 aromatic heterocycles. The molecule has 6 rings (SSSR count). The molecule has 3 aromatic rings. The van der Waals surface area contributed by atoms with Gasteiger partial charge in [-0.2, -0.15) is 0 Å². The van der Waals surface area contributed by atoms with Crippen molar-refractivity contribution in [1.29, 1.82) is 0 Å². The Morgan fingerprint density at radius 3 is 2.41 bits per heavy atom. The maximum Gasteiger partial charge on any atom is 0.223 e. The predicted octanol–water partition coefficient (Wildman–Crippen LogP) is 3.40. The van der Waals surface area contributed by atoms with Gasteiger partial charge in [-0.25, -0.2) is 9.97 Å². The van der Waals surface area contributed by atoms with Crippen molar-refractivity contribution in [3.05, 3.63) is 89.2 Å². The molecule has 4 unspecified atom stereocenters. The van der Waals surface area contributed by atoms with E-state index in [9.17, 15) is 4.79 Å². The number of nitrogens with zero attached hydrogens (tertiary/aromatic N) is 4. The highest BCUT2D eigenvalue weighted by Crippen LogP contribution is 2.45. The van der Waals surface area contributed by atoms with Gasteiger partial charge in [0.25, 0.3) is 0 Å². The Balaban J connectivity index is 1.22. The number of benzene rings is 1. The summed E-state index contributed by atoms with van der Waals surface area (Å²) in [5.74, 6) is 1.49. The molecule has 3 heterocycles. The van der Waals surface area contributed by atoms with Gasteiger partial charge in [0.2, 0.25) is 5.91 Å². The number of anilines is 1. The number of nitrogens with one attached hydrogen (secondary N) is 1. The van der Waals surface area contributed by atoms with Gasteiger partial charge in [-0.15, -0.1) is 0 Å². The van der Waals surface area contributed by atoms with E-state index >= 15 is 0 Å². The number of nitrogens with two attached hydrogens (primary N) is 1. The van der Waals surface area contributed by atoms with Gasteiger partial charge >= 0.3 is 0 Å². The number of amides is 1. The number of allylic oxidation sites excluding steroid dienone is 1. The maximum absolute atomic E-state index is 12.2. The molecule has 4 atom stereocenters. The topological polar surface area (TPSA) is 106 Å². The average molecular weight is 451 g/mol. The lowest BCUT2D eigenvalue weighted by atomic mass is 9.88. The Morgan fingerprint density at radius 2 is 1.65 bits per heavy atom. The van der Waals surface area contributed by atoms with Crippen molar-refractivity contribution < 1.29 is 4.79 Å². The summed E-state index contributed by atoms with van der Waals surface area (Å²) in [4.78, 5) is 30.4. The molecular weight excluding hydrogens is 424 g/mol. The second-order valence-corrected chi connectivity index (χ2v) is 9.37. The van der Waals surface area contributed by atoms with Crippen LogP contribution >= 0.6 is 0 Å². The molecule has 3 N–H and O–H groups in total. The lowest BCUT2D eigenvalue weighted by Gasteiger charge is -2.27. The summed E-state index contributed by atoms with van der Waals surface area (Å²) in [7, 11) is 0. The first-order valence-corrected chi connectivity index (χ1v) is 11.8. The predicted molar refractivity (Wildman–Crippen MR) is 131 cm³/mol. The van der Waals surface area contributed by atoms with E-state index in [1.54, 1.807) is 0 Å². The highest BCUT2D eigenvalue weighted by atomic mass is 16.1. The van der Waals surface area contributed by atoms with Gasteiger partial charge in [0, 0.05) is 37.5 Å². The van der Waals surface area contributed by atoms with E-state index in [1.165, 1.54) is 11.1 Å². The zero-order valence-electron chi connectivity index (χ0n) is 18.8. The molecule has 0 radical (unpaired) electrons. The third-order valence-electron chi connectivity index (χ3n) is 7.14. The van der Waals surface area contributed by atoms with Crippen molar-refractivity contribution in [1.82, 2.24) is 15.0 Å². The molecule has 170 valence electrons. The Bertz CT molecular complexity index is 1280. The average Bonchev–Trinajstić information content (AvgIpc) is 3.57. The number of fused-ring (bicyclic) bond motifs is 3. The summed E-state index contributed by atoms with van der Waals surface area (Å²) in [6.07, 6.45) is 13.0. The monoisotopic (exact) mass is 450 g/mol. The largest absolute Gasteiger partial charge is 0.369 e. The molecule has 1 saturated carbocycles. The maximum atomic E-state index is 12.2. The van der Waals surface area contributed by atoms with Crippen LogP contribution in [-0.4, -0.2) is 33.1 Å². The first kappa shape index (κ1) is 20.7. The summed E-state index contributed by atoms with van der Waals surface area (Å²) in [5.41, 5.74) is 11.1. The SMILES string of the molecule is NC(=O)C1C2C=CC(C2)C1Nc1nc(Cc2ccc(Cc3ccncc3)cc2)nc2c1N=CC2. The zero-order valence-corrected chi connectivity index (χ0v) is 18.8. The van der Waals surface area contributed by atoms with E-state index in [-0.39, 0.29) is 29.7 Å². The fourth-order valence-corrected chi connectivity index (χ4v) is 5.49. The standard InChI is InChI=1S/C27H26N6O/c28-26(34)23-19-5-6-20(15-19)24(23)33-27-25-21(9-12-30-25)31-22(32-27)14-17-3-1-16(2-4-17)13-18-7-10-29-11-8-18/h1-8,10-12,19-20,23-24H,9,13-15H2,(H2,28,34)(H,31,32,33). The zero-order chi connectivity index (χ0) is 23.1. The van der Waals surface area contributed by atoms with Crippen molar-refractivity contribution in [2.45, 2.75) is 31.7 Å². The van der Waals surface area contributed by atoms with E-state index in [0.29, 0.717) is 18.7 Å². The Morgan fingerprint density at radius 1 is 0.941 bits per heavy atom. The third-order valence-corrected chi connectivity index (χ3v) is 7.14. The molecule has 7 nitrogen and oxygen atoms in total. The molecule has 1 aromatic carbocycles. The number of aromatic nitrogens is 3. The first-order chi connectivity index (χ1) is 16.6. The minimum absolute atomic E-state index is 0.0531. The van der Waals surface area contributed by atoms with Gasteiger partial charge in [0.15, 0.2) is 5.82 Å². The fourth-order valence-electron chi connectivity index (χ4n) is 5.49. The van der Waals surface area contributed by atoms with Gasteiger partial charge in [-0.05, 0) is 53.5 Å². The lowest BCUT2D eigenvalue weighted by Crippen LogP contribution is -2.41. The quantitative estimate of drug-likeness (QED) is 0.537. The second-order valence-electron chi connectivity index (χ2n) is 9.37. The second kappa shape index (κ2) is 8.48. The van der Waals surface area contributed by atoms with Gasteiger partial charge in [0.05, 0.1) is 11.6 Å². The van der Waals surface area contributed by atoms with Crippen molar-refractivity contribution in [2.75, 3.05) is 5.32 Å². The summed E-state index contributed by atoms with van der Waals surface area (Å²) in [5, 5.41) is 3.54. The summed E-state index contributed by atoms with van der Waals surface area (Å²) >= 11 is 0. The Labute approximate surface area is 198 Å². The number of aliphatic imine (C=N–C) groups is 1. The minimum atomic E-state index is -0.254. The van der Waals surface area contributed by atoms with E-state index in [4.69, 9.17) is 15.7 Å². The van der Waals surface area contributed by atoms with Crippen LogP contribution in [0.15, 0.2) is 65.9 Å². The van der Waals surface area contributed by atoms with Crippen LogP contribution in [0, 0.1) is 17.8 Å². The van der Waals surface area contributed by atoms with Crippen LogP contribution in [0.2, 0.25) is 0 Å². The molecule has 1 fully saturated rings. The lowest BCUT2D eigenvalue weighted by molar-refractivity contribution is -0.122. The Kier molecular flexibility index (Phi) is 5.17. The van der Waals surface area contributed by atoms with Crippen LogP contribution in [0.3, 0.4) is 0 Å². The van der Waals surface area contributed by atoms with E-state index < -0.39 is 0 Å². The van der Waals surface area contributed by atoms with E-state index in [2.05, 4.69) is 51.7 Å². The smallest absolute Gasteiger partial charge is 0.223 e. The van der Waals surface area contributed by atoms with Crippen molar-refractivity contribution in [3.8, 4) is 0 Å². The Hall–Kier alpha value is -3.87. The molecule has 1 amide bonds. The van der Waals surface area contributed by atoms with Gasteiger partial charge in [-0.3, -0.25) is 14.8 Å². The van der Waals surface area contributed by atoms with Crippen LogP contribution in [-0.2, 0) is 24.1 Å². The molecule has 0 spiro atoms. The van der Waals surface area contributed by atoms with Crippen LogP contribution in [0.4, 0.5) is 11.5 Å². The number of carbonyl (C=O) groups excluding carboxylic acids is 1. The van der Waals surface area contributed by atoms with Gasteiger partial charge < -0.3 is 11.1 Å². The number of hydrogen-bond donors (Lipinski definition) is 2. The van der Waals surface area contributed by atoms with Crippen molar-refractivity contribution in [3.63, 3.8) is 0 Å². The molecular formula is C27H26N6O. The molecule has 0 saturated heterocycles. The third kappa shape index (κ3) is 3.87. The van der Waals surface area contributed by atoms with E-state index in [0.717, 1.165) is 35.6 Å². The summed E-state index contributed by atoms with van der Waals surface area (Å²) in [6, 6.07) is 12.6. The summed E-state index contributed by atoms with van der Waals surface area (Å²) in [6.45, 7) is 0. The van der Waals surface area contributed by atoms with Gasteiger partial charge in [0.1, 0.15) is 11.5 Å². The molecule has 34 heavy (non-hydrogen) atoms. The van der Waals surface area contributed by atoms with E-state index in [1.807, 2.05) is 30.7 Å². The highest BCUT2D eigenvalue weighted by molar-refractivity contribution is 5.82. The number of pyridine rings is 1. The molecule has 3 aliphatic rings. The van der Waals surface area contributed by atoms with Crippen LogP contribution in [0.25, 0.3) is 0 Å². The molecule has 7 heteroatoms. The van der Waals surface area contributed by atoms with Crippen molar-refractivity contribution in [2.24, 2.45) is 28.5 Å².